The van der Waals surface area contributed by atoms with Gasteiger partial charge in [0.2, 0.25) is 0 Å². The minimum Gasteiger partial charge on any atom is -0.345 e. The lowest BCUT2D eigenvalue weighted by Crippen LogP contribution is -2.17. The number of H-pyrrole nitrogens is 1. The average molecular weight is 384 g/mol. The lowest BCUT2D eigenvalue weighted by Gasteiger charge is -2.07. The third-order valence-electron chi connectivity index (χ3n) is 5.28. The van der Waals surface area contributed by atoms with Crippen LogP contribution in [0.25, 0.3) is 11.0 Å². The molecule has 0 bridgehead atoms. The second-order valence-corrected chi connectivity index (χ2v) is 8.42. The number of rotatable bonds is 8. The molecule has 0 amide bonds. The molecule has 0 radical (unpaired) electrons. The molecule has 1 N–H and O–H groups in total. The minimum atomic E-state index is -0.0650. The number of para-hydroxylation sites is 2. The lowest BCUT2D eigenvalue weighted by atomic mass is 10.2. The smallest absolute Gasteiger partial charge is 0.326 e. The van der Waals surface area contributed by atoms with Gasteiger partial charge in [0.05, 0.1) is 16.8 Å². The number of fused-ring (bicyclic) bond motifs is 1. The summed E-state index contributed by atoms with van der Waals surface area (Å²) in [6, 6.07) is 10.4. The average Bonchev–Trinajstić information content (AvgIpc) is 3.36. The predicted octanol–water partition coefficient (Wildman–Crippen LogP) is 4.09. The zero-order valence-electron chi connectivity index (χ0n) is 15.8. The van der Waals surface area contributed by atoms with E-state index < -0.39 is 0 Å². The predicted molar refractivity (Wildman–Crippen MR) is 111 cm³/mol. The molecule has 0 spiro atoms. The first kappa shape index (κ1) is 18.2. The summed E-state index contributed by atoms with van der Waals surface area (Å²) in [6.45, 7) is 4.82. The van der Waals surface area contributed by atoms with Gasteiger partial charge in [-0.25, -0.2) is 4.79 Å². The largest absolute Gasteiger partial charge is 0.345 e. The SMILES string of the molecule is Cc1cc(C(=O)CSCCCn2c(=O)[nH]c3ccccc32)c(C)n1C1CC1. The number of hydrogen-bond donors (Lipinski definition) is 1. The second-order valence-electron chi connectivity index (χ2n) is 7.31. The molecule has 0 unspecified atom stereocenters. The fourth-order valence-corrected chi connectivity index (χ4v) is 4.67. The summed E-state index contributed by atoms with van der Waals surface area (Å²) in [7, 11) is 0. The second kappa shape index (κ2) is 7.43. The molecule has 1 saturated carbocycles. The van der Waals surface area contributed by atoms with Crippen LogP contribution in [0, 0.1) is 13.8 Å². The zero-order valence-corrected chi connectivity index (χ0v) is 16.6. The van der Waals surface area contributed by atoms with Gasteiger partial charge in [0.15, 0.2) is 5.78 Å². The Labute approximate surface area is 162 Å². The van der Waals surface area contributed by atoms with Gasteiger partial charge < -0.3 is 9.55 Å². The fourth-order valence-electron chi connectivity index (χ4n) is 3.85. The van der Waals surface area contributed by atoms with E-state index in [1.54, 1.807) is 16.3 Å². The van der Waals surface area contributed by atoms with E-state index in [1.165, 1.54) is 18.5 Å². The van der Waals surface area contributed by atoms with Crippen LogP contribution in [0.5, 0.6) is 0 Å². The molecule has 0 atom stereocenters. The van der Waals surface area contributed by atoms with E-state index in [0.29, 0.717) is 18.3 Å². The Hall–Kier alpha value is -2.21. The van der Waals surface area contributed by atoms with Crippen molar-refractivity contribution in [2.24, 2.45) is 0 Å². The third kappa shape index (κ3) is 3.63. The van der Waals surface area contributed by atoms with Crippen LogP contribution >= 0.6 is 11.8 Å². The summed E-state index contributed by atoms with van der Waals surface area (Å²) in [5.41, 5.74) is 4.94. The van der Waals surface area contributed by atoms with Crippen LogP contribution in [0.2, 0.25) is 0 Å². The monoisotopic (exact) mass is 383 g/mol. The number of nitrogens with zero attached hydrogens (tertiary/aromatic N) is 2. The van der Waals surface area contributed by atoms with Crippen LogP contribution in [0.3, 0.4) is 0 Å². The molecule has 0 saturated heterocycles. The number of Topliss-reactive ketones (excluding diaryl/α,β-unsaturated/α-hetero) is 1. The normalized spacial score (nSPS) is 14.1. The number of aromatic nitrogens is 3. The molecular weight excluding hydrogens is 358 g/mol. The van der Waals surface area contributed by atoms with Gasteiger partial charge in [-0.3, -0.25) is 9.36 Å². The molecule has 1 aromatic carbocycles. The van der Waals surface area contributed by atoms with Gasteiger partial charge in [-0.15, -0.1) is 0 Å². The summed E-state index contributed by atoms with van der Waals surface area (Å²) >= 11 is 1.65. The van der Waals surface area contributed by atoms with Gasteiger partial charge in [-0.05, 0) is 57.1 Å². The van der Waals surface area contributed by atoms with E-state index in [0.717, 1.165) is 34.5 Å². The molecule has 6 heteroatoms. The van der Waals surface area contributed by atoms with E-state index >= 15 is 0 Å². The highest BCUT2D eigenvalue weighted by molar-refractivity contribution is 7.99. The Morgan fingerprint density at radius 1 is 1.26 bits per heavy atom. The first-order valence-electron chi connectivity index (χ1n) is 9.53. The Bertz CT molecular complexity index is 1040. The van der Waals surface area contributed by atoms with Crippen molar-refractivity contribution in [2.75, 3.05) is 11.5 Å². The Balaban J connectivity index is 1.30. The van der Waals surface area contributed by atoms with Crippen molar-refractivity contribution in [1.82, 2.24) is 14.1 Å². The van der Waals surface area contributed by atoms with E-state index in [1.807, 2.05) is 30.3 Å². The number of ketones is 1. The number of thioether (sulfide) groups is 1. The van der Waals surface area contributed by atoms with Crippen molar-refractivity contribution in [3.8, 4) is 0 Å². The molecular formula is C21H25N3O2S. The van der Waals surface area contributed by atoms with Crippen molar-refractivity contribution in [1.29, 1.82) is 0 Å². The number of carbonyl (C=O) groups is 1. The summed E-state index contributed by atoms with van der Waals surface area (Å²) in [6.07, 6.45) is 3.32. The summed E-state index contributed by atoms with van der Waals surface area (Å²) in [5.74, 6) is 1.57. The van der Waals surface area contributed by atoms with Crippen LogP contribution in [-0.4, -0.2) is 31.4 Å². The molecule has 2 aromatic heterocycles. The summed E-state index contributed by atoms with van der Waals surface area (Å²) < 4.78 is 4.10. The minimum absolute atomic E-state index is 0.0650. The van der Waals surface area contributed by atoms with E-state index in [-0.39, 0.29) is 11.5 Å². The Morgan fingerprint density at radius 3 is 2.81 bits per heavy atom. The van der Waals surface area contributed by atoms with Gasteiger partial charge >= 0.3 is 5.69 Å². The van der Waals surface area contributed by atoms with Gasteiger partial charge in [0.1, 0.15) is 0 Å². The first-order valence-corrected chi connectivity index (χ1v) is 10.7. The molecule has 1 fully saturated rings. The molecule has 142 valence electrons. The highest BCUT2D eigenvalue weighted by atomic mass is 32.2. The van der Waals surface area contributed by atoms with E-state index in [2.05, 4.69) is 23.4 Å². The number of carbonyl (C=O) groups excluding carboxylic acids is 1. The molecule has 3 aromatic rings. The molecule has 5 nitrogen and oxygen atoms in total. The molecule has 2 heterocycles. The topological polar surface area (TPSA) is 59.8 Å². The van der Waals surface area contributed by atoms with Crippen molar-refractivity contribution in [2.45, 2.75) is 45.7 Å². The molecule has 1 aliphatic rings. The fraction of sp³-hybridized carbons (Fsp3) is 0.429. The first-order chi connectivity index (χ1) is 13.1. The molecule has 27 heavy (non-hydrogen) atoms. The van der Waals surface area contributed by atoms with Gasteiger partial charge in [-0.2, -0.15) is 11.8 Å². The maximum absolute atomic E-state index is 12.6. The number of benzene rings is 1. The van der Waals surface area contributed by atoms with E-state index in [9.17, 15) is 9.59 Å². The van der Waals surface area contributed by atoms with Gasteiger partial charge in [0, 0.05) is 29.5 Å². The van der Waals surface area contributed by atoms with Crippen LogP contribution in [0.15, 0.2) is 35.1 Å². The number of hydrogen-bond acceptors (Lipinski definition) is 3. The molecule has 1 aliphatic carbocycles. The van der Waals surface area contributed by atoms with Gasteiger partial charge in [-0.1, -0.05) is 12.1 Å². The van der Waals surface area contributed by atoms with Crippen LogP contribution in [-0.2, 0) is 6.54 Å². The van der Waals surface area contributed by atoms with Crippen molar-refractivity contribution in [3.63, 3.8) is 0 Å². The summed E-state index contributed by atoms with van der Waals surface area (Å²) in [5, 5.41) is 0. The number of imidazole rings is 1. The lowest BCUT2D eigenvalue weighted by molar-refractivity contribution is 0.102. The summed E-state index contributed by atoms with van der Waals surface area (Å²) in [4.78, 5) is 27.6. The molecule has 4 rings (SSSR count). The highest BCUT2D eigenvalue weighted by Gasteiger charge is 2.28. The Kier molecular flexibility index (Phi) is 5.00. The highest BCUT2D eigenvalue weighted by Crippen LogP contribution is 2.38. The van der Waals surface area contributed by atoms with Crippen molar-refractivity contribution in [3.05, 3.63) is 57.8 Å². The van der Waals surface area contributed by atoms with Crippen molar-refractivity contribution < 1.29 is 4.79 Å². The van der Waals surface area contributed by atoms with Gasteiger partial charge in [0.25, 0.3) is 0 Å². The molecule has 0 aliphatic heterocycles. The standard InChI is InChI=1S/C21H25N3O2S/c1-14-12-17(15(2)24(14)16-8-9-16)20(25)13-27-11-5-10-23-19-7-4-3-6-18(19)22-21(23)26/h3-4,6-7,12,16H,5,8-11,13H2,1-2H3,(H,22,26). The van der Waals surface area contributed by atoms with Crippen LogP contribution < -0.4 is 5.69 Å². The third-order valence-corrected chi connectivity index (χ3v) is 6.33. The maximum atomic E-state index is 12.6. The maximum Gasteiger partial charge on any atom is 0.326 e. The number of aromatic amines is 1. The quantitative estimate of drug-likeness (QED) is 0.471. The number of aryl methyl sites for hydroxylation is 2. The Morgan fingerprint density at radius 2 is 2.04 bits per heavy atom. The zero-order chi connectivity index (χ0) is 19.0. The van der Waals surface area contributed by atoms with E-state index in [4.69, 9.17) is 0 Å². The van der Waals surface area contributed by atoms with Crippen LogP contribution in [0.4, 0.5) is 0 Å². The number of nitrogens with one attached hydrogen (secondary N) is 1. The van der Waals surface area contributed by atoms with Crippen molar-refractivity contribution >= 4 is 28.6 Å². The van der Waals surface area contributed by atoms with Crippen LogP contribution in [0.1, 0.15) is 47.1 Å².